The fourth-order valence-electron chi connectivity index (χ4n) is 2.34. The molecule has 19 heavy (non-hydrogen) atoms. The highest BCUT2D eigenvalue weighted by Gasteiger charge is 2.14. The maximum absolute atomic E-state index is 11.3. The maximum atomic E-state index is 11.3. The van der Waals surface area contributed by atoms with E-state index >= 15 is 0 Å². The fraction of sp³-hybridized carbons (Fsp3) is 0.333. The van der Waals surface area contributed by atoms with Gasteiger partial charge in [0.15, 0.2) is 0 Å². The molecule has 102 valence electrons. The third kappa shape index (κ3) is 3.55. The highest BCUT2D eigenvalue weighted by molar-refractivity contribution is 7.90. The van der Waals surface area contributed by atoms with Crippen LogP contribution in [0.1, 0.15) is 18.0 Å². The summed E-state index contributed by atoms with van der Waals surface area (Å²) in [5, 5.41) is 5.58. The van der Waals surface area contributed by atoms with Crippen molar-refractivity contribution < 1.29 is 8.42 Å². The molecular weight excluding hydrogens is 258 g/mol. The fourth-order valence-corrected chi connectivity index (χ4v) is 3.01. The molecule has 0 bridgehead atoms. The van der Waals surface area contributed by atoms with E-state index in [4.69, 9.17) is 0 Å². The van der Waals surface area contributed by atoms with Gasteiger partial charge in [-0.05, 0) is 29.8 Å². The average Bonchev–Trinajstić information content (AvgIpc) is 2.38. The Morgan fingerprint density at radius 3 is 2.47 bits per heavy atom. The lowest BCUT2D eigenvalue weighted by molar-refractivity contribution is 0.561. The van der Waals surface area contributed by atoms with Gasteiger partial charge in [-0.1, -0.05) is 42.5 Å². The van der Waals surface area contributed by atoms with E-state index in [1.807, 2.05) is 25.2 Å². The topological polar surface area (TPSA) is 46.2 Å². The predicted molar refractivity (Wildman–Crippen MR) is 80.1 cm³/mol. The quantitative estimate of drug-likeness (QED) is 0.913. The number of benzene rings is 2. The normalized spacial score (nSPS) is 13.6. The van der Waals surface area contributed by atoms with Crippen LogP contribution in [0.4, 0.5) is 0 Å². The number of hydrogen-bond acceptors (Lipinski definition) is 3. The molecule has 0 saturated heterocycles. The summed E-state index contributed by atoms with van der Waals surface area (Å²) in [6.45, 7) is 0. The summed E-state index contributed by atoms with van der Waals surface area (Å²) < 4.78 is 22.6. The molecule has 2 aromatic rings. The second-order valence-corrected chi connectivity index (χ2v) is 7.09. The Kier molecular flexibility index (Phi) is 4.22. The zero-order valence-corrected chi connectivity index (χ0v) is 12.1. The summed E-state index contributed by atoms with van der Waals surface area (Å²) in [7, 11) is -1.06. The molecule has 0 amide bonds. The first-order chi connectivity index (χ1) is 9.01. The van der Waals surface area contributed by atoms with Crippen molar-refractivity contribution >= 4 is 20.6 Å². The number of sulfone groups is 1. The molecule has 0 fully saturated rings. The summed E-state index contributed by atoms with van der Waals surface area (Å²) in [6, 6.07) is 14.4. The Morgan fingerprint density at radius 1 is 1.11 bits per heavy atom. The lowest BCUT2D eigenvalue weighted by Gasteiger charge is -2.18. The van der Waals surface area contributed by atoms with Crippen LogP contribution < -0.4 is 5.32 Å². The van der Waals surface area contributed by atoms with Crippen LogP contribution in [0.25, 0.3) is 10.8 Å². The highest BCUT2D eigenvalue weighted by Crippen LogP contribution is 2.26. The van der Waals surface area contributed by atoms with E-state index in [1.54, 1.807) is 0 Å². The third-order valence-electron chi connectivity index (χ3n) is 3.32. The molecule has 2 rings (SSSR count). The molecular formula is C15H19NO2S. The van der Waals surface area contributed by atoms with Gasteiger partial charge in [-0.2, -0.15) is 0 Å². The molecule has 0 heterocycles. The van der Waals surface area contributed by atoms with E-state index in [0.29, 0.717) is 6.42 Å². The first-order valence-corrected chi connectivity index (χ1v) is 8.40. The van der Waals surface area contributed by atoms with E-state index in [-0.39, 0.29) is 11.8 Å². The van der Waals surface area contributed by atoms with E-state index in [0.717, 1.165) is 5.56 Å². The molecule has 0 aromatic heterocycles. The molecule has 1 atom stereocenters. The molecule has 3 nitrogen and oxygen atoms in total. The smallest absolute Gasteiger partial charge is 0.147 e. The summed E-state index contributed by atoms with van der Waals surface area (Å²) in [4.78, 5) is 0. The van der Waals surface area contributed by atoms with Crippen molar-refractivity contribution in [2.75, 3.05) is 19.1 Å². The lowest BCUT2D eigenvalue weighted by Crippen LogP contribution is -2.20. The summed E-state index contributed by atoms with van der Waals surface area (Å²) in [6.07, 6.45) is 1.87. The minimum Gasteiger partial charge on any atom is -0.313 e. The van der Waals surface area contributed by atoms with E-state index < -0.39 is 9.84 Å². The Bertz CT molecular complexity index is 659. The zero-order chi connectivity index (χ0) is 13.9. The zero-order valence-electron chi connectivity index (χ0n) is 11.3. The van der Waals surface area contributed by atoms with Gasteiger partial charge in [0.1, 0.15) is 9.84 Å². The van der Waals surface area contributed by atoms with Gasteiger partial charge in [0, 0.05) is 12.3 Å². The highest BCUT2D eigenvalue weighted by atomic mass is 32.2. The van der Waals surface area contributed by atoms with Gasteiger partial charge in [0.2, 0.25) is 0 Å². The van der Waals surface area contributed by atoms with Gasteiger partial charge < -0.3 is 5.32 Å². The molecule has 0 aliphatic rings. The second kappa shape index (κ2) is 5.72. The van der Waals surface area contributed by atoms with Gasteiger partial charge in [-0.3, -0.25) is 0 Å². The van der Waals surface area contributed by atoms with Crippen molar-refractivity contribution in [3.05, 3.63) is 48.0 Å². The number of fused-ring (bicyclic) bond motifs is 1. The first kappa shape index (κ1) is 14.0. The van der Waals surface area contributed by atoms with Crippen LogP contribution in [0.2, 0.25) is 0 Å². The van der Waals surface area contributed by atoms with Crippen molar-refractivity contribution in [3.63, 3.8) is 0 Å². The summed E-state index contributed by atoms with van der Waals surface area (Å²) in [5.74, 6) is 0.196. The molecule has 0 radical (unpaired) electrons. The standard InChI is InChI=1S/C15H19NO2S/c1-16-15(10-11-19(2,17)18)14-9-5-7-12-6-3-4-8-13(12)14/h3-9,15-16H,10-11H2,1-2H3. The summed E-state index contributed by atoms with van der Waals surface area (Å²) >= 11 is 0. The van der Waals surface area contributed by atoms with Crippen LogP contribution in [-0.2, 0) is 9.84 Å². The van der Waals surface area contributed by atoms with Gasteiger partial charge in [-0.15, -0.1) is 0 Å². The van der Waals surface area contributed by atoms with Crippen molar-refractivity contribution in [2.24, 2.45) is 0 Å². The SMILES string of the molecule is CNC(CCS(C)(=O)=O)c1cccc2ccccc12. The molecule has 1 N–H and O–H groups in total. The van der Waals surface area contributed by atoms with Gasteiger partial charge >= 0.3 is 0 Å². The Hall–Kier alpha value is -1.39. The number of hydrogen-bond donors (Lipinski definition) is 1. The molecule has 4 heteroatoms. The molecule has 0 spiro atoms. The molecule has 0 aliphatic carbocycles. The number of rotatable bonds is 5. The van der Waals surface area contributed by atoms with Crippen LogP contribution in [0, 0.1) is 0 Å². The van der Waals surface area contributed by atoms with Gasteiger partial charge in [0.25, 0.3) is 0 Å². The minimum absolute atomic E-state index is 0.0563. The Labute approximate surface area is 114 Å². The monoisotopic (exact) mass is 277 g/mol. The third-order valence-corrected chi connectivity index (χ3v) is 4.30. The molecule has 2 aromatic carbocycles. The van der Waals surface area contributed by atoms with Crippen LogP contribution >= 0.6 is 0 Å². The number of nitrogens with one attached hydrogen (secondary N) is 1. The van der Waals surface area contributed by atoms with Crippen LogP contribution in [0.3, 0.4) is 0 Å². The van der Waals surface area contributed by atoms with E-state index in [1.165, 1.54) is 17.0 Å². The van der Waals surface area contributed by atoms with Crippen molar-refractivity contribution in [3.8, 4) is 0 Å². The molecule has 1 unspecified atom stereocenters. The van der Waals surface area contributed by atoms with Crippen molar-refractivity contribution in [2.45, 2.75) is 12.5 Å². The second-order valence-electron chi connectivity index (χ2n) is 4.83. The first-order valence-electron chi connectivity index (χ1n) is 6.34. The average molecular weight is 277 g/mol. The largest absolute Gasteiger partial charge is 0.313 e. The molecule has 0 saturated carbocycles. The lowest BCUT2D eigenvalue weighted by atomic mass is 9.97. The van der Waals surface area contributed by atoms with Crippen LogP contribution in [0.5, 0.6) is 0 Å². The van der Waals surface area contributed by atoms with E-state index in [2.05, 4.69) is 29.6 Å². The summed E-state index contributed by atoms with van der Waals surface area (Å²) in [5.41, 5.74) is 1.16. The van der Waals surface area contributed by atoms with Crippen LogP contribution in [0.15, 0.2) is 42.5 Å². The predicted octanol–water partition coefficient (Wildman–Crippen LogP) is 2.54. The maximum Gasteiger partial charge on any atom is 0.147 e. The van der Waals surface area contributed by atoms with E-state index in [9.17, 15) is 8.42 Å². The molecule has 0 aliphatic heterocycles. The van der Waals surface area contributed by atoms with Crippen molar-refractivity contribution in [1.29, 1.82) is 0 Å². The van der Waals surface area contributed by atoms with Crippen molar-refractivity contribution in [1.82, 2.24) is 5.32 Å². The van der Waals surface area contributed by atoms with Gasteiger partial charge in [-0.25, -0.2) is 8.42 Å². The minimum atomic E-state index is -2.93. The van der Waals surface area contributed by atoms with Crippen LogP contribution in [-0.4, -0.2) is 27.5 Å². The Balaban J connectivity index is 2.35. The van der Waals surface area contributed by atoms with Gasteiger partial charge in [0.05, 0.1) is 5.75 Å². The Morgan fingerprint density at radius 2 is 1.79 bits per heavy atom.